The van der Waals surface area contributed by atoms with Gasteiger partial charge in [-0.25, -0.2) is 0 Å². The fourth-order valence-corrected chi connectivity index (χ4v) is 2.41. The van der Waals surface area contributed by atoms with Crippen molar-refractivity contribution in [2.24, 2.45) is 0 Å². The number of phenols is 1. The molecule has 94 valence electrons. The first kappa shape index (κ1) is 11.7. The van der Waals surface area contributed by atoms with Crippen LogP contribution in [0.1, 0.15) is 27.9 Å². The van der Waals surface area contributed by atoms with Crippen molar-refractivity contribution < 1.29 is 9.90 Å². The Morgan fingerprint density at radius 1 is 0.947 bits per heavy atom. The van der Waals surface area contributed by atoms with E-state index in [9.17, 15) is 9.90 Å². The molecule has 0 heterocycles. The van der Waals surface area contributed by atoms with Crippen molar-refractivity contribution in [1.82, 2.24) is 0 Å². The van der Waals surface area contributed by atoms with Gasteiger partial charge in [-0.15, -0.1) is 0 Å². The van der Waals surface area contributed by atoms with Crippen LogP contribution in [0.25, 0.3) is 6.08 Å². The van der Waals surface area contributed by atoms with Gasteiger partial charge in [-0.05, 0) is 54.3 Å². The van der Waals surface area contributed by atoms with Crippen LogP contribution in [-0.2, 0) is 6.42 Å². The Hall–Kier alpha value is -2.35. The monoisotopic (exact) mass is 250 g/mol. The molecule has 19 heavy (non-hydrogen) atoms. The van der Waals surface area contributed by atoms with Gasteiger partial charge in [-0.2, -0.15) is 0 Å². The topological polar surface area (TPSA) is 37.3 Å². The van der Waals surface area contributed by atoms with Gasteiger partial charge in [0, 0.05) is 11.1 Å². The van der Waals surface area contributed by atoms with Crippen molar-refractivity contribution in [3.05, 3.63) is 70.8 Å². The van der Waals surface area contributed by atoms with Crippen LogP contribution < -0.4 is 0 Å². The third kappa shape index (κ3) is 2.29. The van der Waals surface area contributed by atoms with Gasteiger partial charge in [0.05, 0.1) is 0 Å². The van der Waals surface area contributed by atoms with Crippen molar-refractivity contribution >= 4 is 11.9 Å². The number of hydrogen-bond donors (Lipinski definition) is 1. The standard InChI is InChI=1S/C17H14O2/c18-16-9-7-13(8-10-16)17(19)15-6-5-12-3-1-2-4-14(12)11-15/h1-4,7-11,18H,5-6H2. The molecule has 0 bridgehead atoms. The Bertz CT molecular complexity index is 651. The highest BCUT2D eigenvalue weighted by Crippen LogP contribution is 2.26. The van der Waals surface area contributed by atoms with E-state index in [2.05, 4.69) is 6.07 Å². The molecule has 0 unspecified atom stereocenters. The van der Waals surface area contributed by atoms with Crippen LogP contribution in [0, 0.1) is 0 Å². The van der Waals surface area contributed by atoms with Crippen molar-refractivity contribution in [3.63, 3.8) is 0 Å². The van der Waals surface area contributed by atoms with Crippen molar-refractivity contribution in [3.8, 4) is 5.75 Å². The van der Waals surface area contributed by atoms with Gasteiger partial charge in [0.25, 0.3) is 0 Å². The normalized spacial score (nSPS) is 13.6. The molecule has 3 rings (SSSR count). The van der Waals surface area contributed by atoms with Crippen LogP contribution >= 0.6 is 0 Å². The number of aromatic hydroxyl groups is 1. The van der Waals surface area contributed by atoms with E-state index in [1.54, 1.807) is 24.3 Å². The lowest BCUT2D eigenvalue weighted by molar-refractivity contribution is 0.103. The van der Waals surface area contributed by atoms with E-state index >= 15 is 0 Å². The zero-order valence-corrected chi connectivity index (χ0v) is 10.5. The highest BCUT2D eigenvalue weighted by atomic mass is 16.3. The Balaban J connectivity index is 1.93. The number of fused-ring (bicyclic) bond motifs is 1. The molecule has 0 aromatic heterocycles. The summed E-state index contributed by atoms with van der Waals surface area (Å²) in [5.41, 5.74) is 3.90. The number of ketones is 1. The highest BCUT2D eigenvalue weighted by Gasteiger charge is 2.17. The van der Waals surface area contributed by atoms with Gasteiger partial charge in [-0.3, -0.25) is 4.79 Å². The summed E-state index contributed by atoms with van der Waals surface area (Å²) in [6.45, 7) is 0. The number of Topliss-reactive ketones (excluding diaryl/α,β-unsaturated/α-hetero) is 1. The third-order valence-electron chi connectivity index (χ3n) is 3.47. The number of carbonyl (C=O) groups is 1. The van der Waals surface area contributed by atoms with E-state index in [0.717, 1.165) is 24.0 Å². The minimum absolute atomic E-state index is 0.0505. The Morgan fingerprint density at radius 3 is 2.47 bits per heavy atom. The smallest absolute Gasteiger partial charge is 0.189 e. The number of benzene rings is 2. The van der Waals surface area contributed by atoms with Crippen molar-refractivity contribution in [2.75, 3.05) is 0 Å². The molecule has 1 aliphatic rings. The molecule has 2 aromatic carbocycles. The maximum absolute atomic E-state index is 12.4. The average molecular weight is 250 g/mol. The van der Waals surface area contributed by atoms with E-state index in [-0.39, 0.29) is 11.5 Å². The summed E-state index contributed by atoms with van der Waals surface area (Å²) in [4.78, 5) is 12.4. The lowest BCUT2D eigenvalue weighted by Gasteiger charge is -2.15. The Labute approximate surface area is 112 Å². The fourth-order valence-electron chi connectivity index (χ4n) is 2.41. The summed E-state index contributed by atoms with van der Waals surface area (Å²) in [7, 11) is 0. The van der Waals surface area contributed by atoms with Crippen LogP contribution in [0.4, 0.5) is 0 Å². The van der Waals surface area contributed by atoms with E-state index in [1.165, 1.54) is 5.56 Å². The van der Waals surface area contributed by atoms with Gasteiger partial charge in [0.2, 0.25) is 0 Å². The number of rotatable bonds is 2. The predicted octanol–water partition coefficient (Wildman–Crippen LogP) is 3.60. The van der Waals surface area contributed by atoms with Crippen LogP contribution in [-0.4, -0.2) is 10.9 Å². The summed E-state index contributed by atoms with van der Waals surface area (Å²) in [5, 5.41) is 9.25. The number of hydrogen-bond acceptors (Lipinski definition) is 2. The molecule has 0 aliphatic heterocycles. The molecule has 0 saturated carbocycles. The molecular formula is C17H14O2. The molecule has 0 saturated heterocycles. The van der Waals surface area contributed by atoms with Gasteiger partial charge in [0.15, 0.2) is 5.78 Å². The third-order valence-corrected chi connectivity index (χ3v) is 3.47. The Morgan fingerprint density at radius 2 is 1.68 bits per heavy atom. The van der Waals surface area contributed by atoms with Crippen LogP contribution in [0.2, 0.25) is 0 Å². The van der Waals surface area contributed by atoms with E-state index in [0.29, 0.717) is 5.56 Å². The molecule has 0 radical (unpaired) electrons. The van der Waals surface area contributed by atoms with E-state index in [1.807, 2.05) is 24.3 Å². The molecule has 2 heteroatoms. The summed E-state index contributed by atoms with van der Waals surface area (Å²) in [5.74, 6) is 0.231. The summed E-state index contributed by atoms with van der Waals surface area (Å²) in [6, 6.07) is 14.6. The Kier molecular flexibility index (Phi) is 2.92. The summed E-state index contributed by atoms with van der Waals surface area (Å²) < 4.78 is 0. The molecule has 0 atom stereocenters. The van der Waals surface area contributed by atoms with Crippen LogP contribution in [0.5, 0.6) is 5.75 Å². The predicted molar refractivity (Wildman–Crippen MR) is 75.2 cm³/mol. The zero-order chi connectivity index (χ0) is 13.2. The maximum Gasteiger partial charge on any atom is 0.189 e. The molecule has 1 aliphatic carbocycles. The number of phenolic OH excluding ortho intramolecular Hbond substituents is 1. The quantitative estimate of drug-likeness (QED) is 0.827. The van der Waals surface area contributed by atoms with Gasteiger partial charge < -0.3 is 5.11 Å². The molecule has 1 N–H and O–H groups in total. The van der Waals surface area contributed by atoms with Gasteiger partial charge in [0.1, 0.15) is 5.75 Å². The average Bonchev–Trinajstić information content (AvgIpc) is 2.47. The van der Waals surface area contributed by atoms with Gasteiger partial charge in [-0.1, -0.05) is 24.3 Å². The lowest BCUT2D eigenvalue weighted by Crippen LogP contribution is -2.08. The van der Waals surface area contributed by atoms with Crippen LogP contribution in [0.3, 0.4) is 0 Å². The second-order valence-corrected chi connectivity index (χ2v) is 4.74. The molecular weight excluding hydrogens is 236 g/mol. The minimum atomic E-state index is 0.0505. The van der Waals surface area contributed by atoms with Crippen molar-refractivity contribution in [2.45, 2.75) is 12.8 Å². The van der Waals surface area contributed by atoms with Gasteiger partial charge >= 0.3 is 0 Å². The lowest BCUT2D eigenvalue weighted by atomic mass is 9.88. The van der Waals surface area contributed by atoms with E-state index in [4.69, 9.17) is 0 Å². The molecule has 2 aromatic rings. The molecule has 0 amide bonds. The van der Waals surface area contributed by atoms with E-state index < -0.39 is 0 Å². The second-order valence-electron chi connectivity index (χ2n) is 4.74. The largest absolute Gasteiger partial charge is 0.508 e. The van der Waals surface area contributed by atoms with Crippen LogP contribution in [0.15, 0.2) is 54.1 Å². The first-order chi connectivity index (χ1) is 9.24. The maximum atomic E-state index is 12.4. The SMILES string of the molecule is O=C(C1=Cc2ccccc2CC1)c1ccc(O)cc1. The van der Waals surface area contributed by atoms with Crippen molar-refractivity contribution in [1.29, 1.82) is 0 Å². The summed E-state index contributed by atoms with van der Waals surface area (Å²) in [6.07, 6.45) is 3.66. The molecule has 0 fully saturated rings. The second kappa shape index (κ2) is 4.73. The first-order valence-corrected chi connectivity index (χ1v) is 6.36. The number of carbonyl (C=O) groups excluding carboxylic acids is 1. The fraction of sp³-hybridized carbons (Fsp3) is 0.118. The summed E-state index contributed by atoms with van der Waals surface area (Å²) >= 11 is 0. The zero-order valence-electron chi connectivity index (χ0n) is 10.5. The minimum Gasteiger partial charge on any atom is -0.508 e. The number of aryl methyl sites for hydroxylation is 1. The highest BCUT2D eigenvalue weighted by molar-refractivity contribution is 6.11. The first-order valence-electron chi connectivity index (χ1n) is 6.36. The molecule has 2 nitrogen and oxygen atoms in total. The number of allylic oxidation sites excluding steroid dienone is 1. The molecule has 0 spiro atoms.